The maximum atomic E-state index is 15.4. The molecule has 2 aromatic carbocycles. The van der Waals surface area contributed by atoms with Gasteiger partial charge in [0, 0.05) is 32.5 Å². The molecule has 19 atom stereocenters. The van der Waals surface area contributed by atoms with Gasteiger partial charge in [0.2, 0.25) is 100 Å². The first-order valence-corrected chi connectivity index (χ1v) is 48.4. The lowest BCUT2D eigenvalue weighted by Crippen LogP contribution is -2.62. The minimum atomic E-state index is -1.82. The normalized spacial score (nSPS) is 18.3. The molecule has 17 amide bonds. The van der Waals surface area contributed by atoms with Crippen molar-refractivity contribution in [2.24, 2.45) is 41.2 Å². The maximum absolute atomic E-state index is 15.4. The van der Waals surface area contributed by atoms with Crippen molar-refractivity contribution in [2.75, 3.05) is 71.3 Å². The number of aliphatic hydroxyl groups excluding tert-OH is 6. The van der Waals surface area contributed by atoms with Crippen molar-refractivity contribution in [3.8, 4) is 11.5 Å². The van der Waals surface area contributed by atoms with Crippen LogP contribution in [-0.4, -0.2) is 347 Å². The Bertz CT molecular complexity index is 4440. The highest BCUT2D eigenvalue weighted by Gasteiger charge is 2.49. The van der Waals surface area contributed by atoms with Crippen molar-refractivity contribution in [1.82, 2.24) is 89.1 Å². The number of hydrogen-bond donors (Lipinski definition) is 24. The lowest BCUT2D eigenvalue weighted by atomic mass is 9.96. The molecule has 2 aromatic rings. The van der Waals surface area contributed by atoms with Crippen molar-refractivity contribution in [3.05, 3.63) is 59.7 Å². The summed E-state index contributed by atoms with van der Waals surface area (Å²) in [5.41, 5.74) is 6.49. The molecule has 772 valence electrons. The molecule has 0 unspecified atom stereocenters. The molecule has 3 heterocycles. The lowest BCUT2D eigenvalue weighted by Gasteiger charge is -2.35. The Balaban J connectivity index is 1.32. The number of rotatable bonds is 57. The standard InChI is InChI=1S/C92H146N18O27S/c1-14-52(12)74(107-86(130)70(46-116)106-80(124)62(37-50(8)9)98-83(127)67(43-113)103-77(121)59(34-47(2)3)95-75(119)57(93)41-111)88(132)100-64(40-54-23-27-56(118)28-24-54)89(133)109-31-16-19-72(109)91(135)110-32-17-20-73(110)90(134)108-30-15-18-71(108)87(131)99-63(39-53-21-25-55(117)26-22-53)81(125)94-58(29-33-138-13)76(120)102-66(42-112)82(126)96-60(35-48(4)5)78(122)104-68(44-114)84(128)97-61(36-49(6)7)79(123)105-69(45-115)85(129)101-65(92(136)137)38-51(10)11/h21-28,47-52,57-74,111-118H,14-20,29-46,93H2,1-13H3,(H,94,125)(H,95,119)(H,96,126)(H,97,128)(H,98,127)(H,99,131)(H,100,132)(H,101,129)(H,102,120)(H,103,121)(H,104,122)(H,105,123)(H,106,124)(H,107,130)(H,136,137)/t52-,57-,58-,59-,60-,61-,62-,63-,64-,65-,66-,67-,68-,69-,70-,71-,72-,73-,74-/m0/s1. The van der Waals surface area contributed by atoms with Crippen LogP contribution in [0.25, 0.3) is 0 Å². The largest absolute Gasteiger partial charge is 0.508 e. The van der Waals surface area contributed by atoms with Crippen LogP contribution in [0.1, 0.15) is 178 Å². The smallest absolute Gasteiger partial charge is 0.326 e. The number of carboxylic acids is 1. The molecule has 0 radical (unpaired) electrons. The molecule has 3 fully saturated rings. The third kappa shape index (κ3) is 36.4. The van der Waals surface area contributed by atoms with Gasteiger partial charge >= 0.3 is 5.97 Å². The van der Waals surface area contributed by atoms with Gasteiger partial charge in [-0.1, -0.05) is 114 Å². The van der Waals surface area contributed by atoms with Crippen LogP contribution in [0, 0.1) is 35.5 Å². The van der Waals surface area contributed by atoms with Gasteiger partial charge in [0.1, 0.15) is 120 Å². The monoisotopic (exact) mass is 1970 g/mol. The molecule has 5 rings (SSSR count). The van der Waals surface area contributed by atoms with Gasteiger partial charge < -0.3 is 141 Å². The van der Waals surface area contributed by atoms with Crippen LogP contribution in [0.3, 0.4) is 0 Å². The van der Waals surface area contributed by atoms with Crippen LogP contribution in [0.2, 0.25) is 0 Å². The number of benzene rings is 2. The zero-order valence-corrected chi connectivity index (χ0v) is 81.7. The average Bonchev–Trinajstić information content (AvgIpc) is 1.65. The summed E-state index contributed by atoms with van der Waals surface area (Å²) in [5.74, 6) is -19.3. The van der Waals surface area contributed by atoms with Crippen molar-refractivity contribution in [2.45, 2.75) is 288 Å². The Kier molecular flexibility index (Phi) is 49.1. The van der Waals surface area contributed by atoms with E-state index in [1.165, 1.54) is 75.0 Å². The van der Waals surface area contributed by atoms with E-state index < -0.39 is 261 Å². The first kappa shape index (κ1) is 117. The second kappa shape index (κ2) is 57.8. The molecular weight excluding hydrogens is 1820 g/mol. The average molecular weight is 1970 g/mol. The third-order valence-electron chi connectivity index (χ3n) is 23.8. The Hall–Kier alpha value is -11.4. The second-order valence-electron chi connectivity index (χ2n) is 37.4. The van der Waals surface area contributed by atoms with E-state index in [9.17, 15) is 118 Å². The fraction of sp³-hybridized carbons (Fsp3) is 0.674. The van der Waals surface area contributed by atoms with Crippen LogP contribution in [0.4, 0.5) is 0 Å². The number of aliphatic carboxylic acids is 1. The number of aliphatic hydroxyl groups is 6. The predicted molar refractivity (Wildman–Crippen MR) is 503 cm³/mol. The second-order valence-corrected chi connectivity index (χ2v) is 38.4. The third-order valence-corrected chi connectivity index (χ3v) is 24.5. The molecule has 0 aromatic heterocycles. The zero-order chi connectivity index (χ0) is 103. The number of carboxylic acid groups (broad SMARTS) is 1. The van der Waals surface area contributed by atoms with E-state index in [1.807, 2.05) is 0 Å². The number of phenols is 2. The lowest BCUT2D eigenvalue weighted by molar-refractivity contribution is -0.151. The van der Waals surface area contributed by atoms with E-state index in [0.717, 1.165) is 0 Å². The Morgan fingerprint density at radius 3 is 0.978 bits per heavy atom. The Morgan fingerprint density at radius 1 is 0.348 bits per heavy atom. The Labute approximate surface area is 807 Å². The topological polar surface area (TPSA) is 693 Å². The van der Waals surface area contributed by atoms with Gasteiger partial charge in [-0.3, -0.25) is 81.5 Å². The molecule has 138 heavy (non-hydrogen) atoms. The van der Waals surface area contributed by atoms with E-state index in [0.29, 0.717) is 17.5 Å². The van der Waals surface area contributed by atoms with Crippen molar-refractivity contribution in [1.29, 1.82) is 0 Å². The van der Waals surface area contributed by atoms with Gasteiger partial charge in [0.15, 0.2) is 0 Å². The minimum absolute atomic E-state index is 0.00520. The summed E-state index contributed by atoms with van der Waals surface area (Å²) in [5, 5.41) is 127. The highest BCUT2D eigenvalue weighted by atomic mass is 32.2. The summed E-state index contributed by atoms with van der Waals surface area (Å²) in [6.07, 6.45) is 2.31. The minimum Gasteiger partial charge on any atom is -0.508 e. The number of nitrogens with one attached hydrogen (secondary N) is 14. The summed E-state index contributed by atoms with van der Waals surface area (Å²) in [7, 11) is 0. The van der Waals surface area contributed by atoms with Gasteiger partial charge in [0.25, 0.3) is 0 Å². The summed E-state index contributed by atoms with van der Waals surface area (Å²) in [4.78, 5) is 258. The number of carbonyl (C=O) groups is 18. The van der Waals surface area contributed by atoms with Crippen molar-refractivity contribution >= 4 is 118 Å². The van der Waals surface area contributed by atoms with E-state index >= 15 is 14.4 Å². The van der Waals surface area contributed by atoms with Gasteiger partial charge in [-0.15, -0.1) is 0 Å². The number of nitrogens with zero attached hydrogens (tertiary/aromatic N) is 3. The molecule has 0 bridgehead atoms. The number of carbonyl (C=O) groups excluding carboxylic acids is 17. The van der Waals surface area contributed by atoms with Gasteiger partial charge in [-0.05, 0) is 160 Å². The number of likely N-dealkylation sites (tertiary alicyclic amines) is 3. The summed E-state index contributed by atoms with van der Waals surface area (Å²) >= 11 is 1.27. The maximum Gasteiger partial charge on any atom is 0.326 e. The van der Waals surface area contributed by atoms with Crippen LogP contribution < -0.4 is 80.2 Å². The number of hydrogen-bond acceptors (Lipinski definition) is 28. The van der Waals surface area contributed by atoms with E-state index in [4.69, 9.17) is 5.73 Å². The number of phenolic OH excluding ortho intramolecular Hbond substituents is 2. The Morgan fingerprint density at radius 2 is 0.630 bits per heavy atom. The quantitative estimate of drug-likeness (QED) is 0.0295. The van der Waals surface area contributed by atoms with Crippen LogP contribution >= 0.6 is 11.8 Å². The predicted octanol–water partition coefficient (Wildman–Crippen LogP) is -4.96. The molecule has 46 heteroatoms. The molecule has 0 aliphatic carbocycles. The zero-order valence-electron chi connectivity index (χ0n) is 80.9. The first-order chi connectivity index (χ1) is 65.2. The van der Waals surface area contributed by atoms with E-state index in [2.05, 4.69) is 74.4 Å². The fourth-order valence-electron chi connectivity index (χ4n) is 16.2. The molecule has 3 aliphatic heterocycles. The number of aromatic hydroxyl groups is 2. The molecule has 25 N–H and O–H groups in total. The number of amides is 17. The fourth-order valence-corrected chi connectivity index (χ4v) is 16.6. The molecule has 3 aliphatic rings. The van der Waals surface area contributed by atoms with Crippen molar-refractivity contribution in [3.63, 3.8) is 0 Å². The highest BCUT2D eigenvalue weighted by molar-refractivity contribution is 7.98. The van der Waals surface area contributed by atoms with E-state index in [1.54, 1.807) is 89.3 Å². The number of nitrogens with two attached hydrogens (primary N) is 1. The SMILES string of the molecule is CC[C@H](C)[C@H](NC(=O)[C@H](CO)NC(=O)[C@H](CC(C)C)NC(=O)[C@H](CO)NC(=O)[C@H](CC(C)C)NC(=O)[C@@H](N)CO)C(=O)N[C@@H](Cc1ccc(O)cc1)C(=O)N1CCC[C@H]1C(=O)N1CCC[C@H]1C(=O)N1CCC[C@H]1C(=O)N[C@@H](Cc1ccc(O)cc1)C(=O)N[C@@H](CCSC)C(=O)N[C@@H](CO)C(=O)N[C@@H](CC(C)C)C(=O)N[C@@H](CO)C(=O)N[C@@H](CC(C)C)C(=O)N[C@@H](CO)C(=O)N[C@@H](CC(C)C)C(=O)O. The highest BCUT2D eigenvalue weighted by Crippen LogP contribution is 2.31. The molecule has 0 spiro atoms. The summed E-state index contributed by atoms with van der Waals surface area (Å²) in [6.45, 7) is 14.6. The van der Waals surface area contributed by atoms with E-state index in [-0.39, 0.29) is 156 Å². The summed E-state index contributed by atoms with van der Waals surface area (Å²) in [6, 6.07) is -15.5. The molecule has 3 saturated heterocycles. The van der Waals surface area contributed by atoms with Crippen molar-refractivity contribution < 1.29 is 132 Å². The van der Waals surface area contributed by atoms with Gasteiger partial charge in [-0.25, -0.2) is 4.79 Å². The van der Waals surface area contributed by atoms with Gasteiger partial charge in [-0.2, -0.15) is 11.8 Å². The van der Waals surface area contributed by atoms with Crippen LogP contribution in [0.5, 0.6) is 11.5 Å². The molecule has 45 nitrogen and oxygen atoms in total. The molecule has 0 saturated carbocycles. The van der Waals surface area contributed by atoms with Crippen LogP contribution in [0.15, 0.2) is 48.5 Å². The first-order valence-electron chi connectivity index (χ1n) is 47.0. The summed E-state index contributed by atoms with van der Waals surface area (Å²) < 4.78 is 0. The van der Waals surface area contributed by atoms with Gasteiger partial charge in [0.05, 0.1) is 39.6 Å². The number of thioether (sulfide) groups is 1. The van der Waals surface area contributed by atoms with Crippen LogP contribution in [-0.2, 0) is 99.1 Å². The molecular formula is C92H146N18O27S.